The van der Waals surface area contributed by atoms with Gasteiger partial charge in [0.15, 0.2) is 0 Å². The number of terminal acetylenes is 1. The van der Waals surface area contributed by atoms with Gasteiger partial charge in [0.25, 0.3) is 0 Å². The molecule has 0 fully saturated rings. The van der Waals surface area contributed by atoms with Crippen LogP contribution in [0.5, 0.6) is 0 Å². The normalized spacial score (nSPS) is 13.6. The Hall–Kier alpha value is -1.48. The lowest BCUT2D eigenvalue weighted by molar-refractivity contribution is -0.136. The minimum atomic E-state index is -0.939. The van der Waals surface area contributed by atoms with Gasteiger partial charge in [-0.3, -0.25) is 4.79 Å². The summed E-state index contributed by atoms with van der Waals surface area (Å²) in [5, 5.41) is 8.82. The van der Waals surface area contributed by atoms with E-state index in [0.29, 0.717) is 6.42 Å². The molecular weight excluding hydrogens is 164 g/mol. The highest BCUT2D eigenvalue weighted by atomic mass is 16.2. The number of amides is 1. The van der Waals surface area contributed by atoms with Crippen molar-refractivity contribution in [2.45, 2.75) is 20.3 Å². The van der Waals surface area contributed by atoms with Gasteiger partial charge in [-0.15, -0.1) is 6.42 Å². The quantitative estimate of drug-likeness (QED) is 0.605. The van der Waals surface area contributed by atoms with Gasteiger partial charge in [0, 0.05) is 7.05 Å². The molecule has 3 heteroatoms. The van der Waals surface area contributed by atoms with Crippen LogP contribution in [0.1, 0.15) is 20.3 Å². The first-order valence-electron chi connectivity index (χ1n) is 4.12. The van der Waals surface area contributed by atoms with E-state index in [1.165, 1.54) is 4.90 Å². The van der Waals surface area contributed by atoms with Gasteiger partial charge in [-0.1, -0.05) is 12.8 Å². The van der Waals surface area contributed by atoms with Crippen molar-refractivity contribution in [2.24, 2.45) is 5.41 Å². The summed E-state index contributed by atoms with van der Waals surface area (Å²) >= 11 is 0. The highest BCUT2D eigenvalue weighted by molar-refractivity contribution is 5.84. The van der Waals surface area contributed by atoms with E-state index in [2.05, 4.69) is 5.92 Å². The topological polar surface area (TPSA) is 44.1 Å². The summed E-state index contributed by atoms with van der Waals surface area (Å²) < 4.78 is 0. The molecule has 0 radical (unpaired) electrons. The molecule has 0 aliphatic heterocycles. The zero-order valence-electron chi connectivity index (χ0n) is 8.29. The molecule has 0 saturated heterocycles. The Kier molecular flexibility index (Phi) is 4.01. The number of rotatable bonds is 3. The van der Waals surface area contributed by atoms with Gasteiger partial charge in [-0.25, -0.2) is 0 Å². The molecular formula is C10H14N2O. The highest BCUT2D eigenvalue weighted by Crippen LogP contribution is 2.21. The highest BCUT2D eigenvalue weighted by Gasteiger charge is 2.33. The molecule has 0 heterocycles. The molecule has 3 nitrogen and oxygen atoms in total. The predicted molar refractivity (Wildman–Crippen MR) is 50.5 cm³/mol. The van der Waals surface area contributed by atoms with Crippen LogP contribution in [0, 0.1) is 29.1 Å². The molecule has 0 aromatic carbocycles. The van der Waals surface area contributed by atoms with Crippen LogP contribution in [-0.4, -0.2) is 24.4 Å². The van der Waals surface area contributed by atoms with Crippen LogP contribution < -0.4 is 0 Å². The molecule has 0 N–H and O–H groups in total. The molecule has 0 aliphatic carbocycles. The molecule has 0 saturated carbocycles. The van der Waals surface area contributed by atoms with Crippen molar-refractivity contribution in [3.63, 3.8) is 0 Å². The number of carbonyl (C=O) groups is 1. The molecule has 70 valence electrons. The summed E-state index contributed by atoms with van der Waals surface area (Å²) in [6, 6.07) is 2.01. The first-order chi connectivity index (χ1) is 6.01. The van der Waals surface area contributed by atoms with Crippen LogP contribution in [0.2, 0.25) is 0 Å². The van der Waals surface area contributed by atoms with Crippen LogP contribution in [-0.2, 0) is 4.79 Å². The average molecular weight is 178 g/mol. The SMILES string of the molecule is C#CCN(C)C(=O)C(C)(C#N)CC. The standard InChI is InChI=1S/C10H14N2O/c1-5-7-12(4)9(13)10(3,6-2)8-11/h1H,6-7H2,2-4H3. The lowest BCUT2D eigenvalue weighted by Crippen LogP contribution is -2.39. The van der Waals surface area contributed by atoms with Gasteiger partial charge in [0.05, 0.1) is 12.6 Å². The van der Waals surface area contributed by atoms with Gasteiger partial charge in [0.2, 0.25) is 5.91 Å². The third-order valence-electron chi connectivity index (χ3n) is 2.10. The van der Waals surface area contributed by atoms with Crippen molar-refractivity contribution in [1.82, 2.24) is 4.90 Å². The molecule has 0 rings (SSSR count). The smallest absolute Gasteiger partial charge is 0.243 e. The van der Waals surface area contributed by atoms with Crippen molar-refractivity contribution in [1.29, 1.82) is 5.26 Å². The Balaban J connectivity index is 4.60. The maximum Gasteiger partial charge on any atom is 0.243 e. The van der Waals surface area contributed by atoms with Crippen LogP contribution >= 0.6 is 0 Å². The van der Waals surface area contributed by atoms with Crippen LogP contribution in [0.3, 0.4) is 0 Å². The maximum absolute atomic E-state index is 11.6. The molecule has 1 atom stereocenters. The Morgan fingerprint density at radius 2 is 2.23 bits per heavy atom. The molecule has 0 aliphatic rings. The first kappa shape index (κ1) is 11.5. The molecule has 13 heavy (non-hydrogen) atoms. The zero-order valence-corrected chi connectivity index (χ0v) is 8.29. The lowest BCUT2D eigenvalue weighted by Gasteiger charge is -2.24. The molecule has 0 bridgehead atoms. The molecule has 1 unspecified atom stereocenters. The molecule has 0 aromatic rings. The van der Waals surface area contributed by atoms with Gasteiger partial charge in [0.1, 0.15) is 5.41 Å². The fraction of sp³-hybridized carbons (Fsp3) is 0.600. The van der Waals surface area contributed by atoms with Gasteiger partial charge in [-0.05, 0) is 13.3 Å². The predicted octanol–water partition coefficient (Wildman–Crippen LogP) is 1.02. The summed E-state index contributed by atoms with van der Waals surface area (Å²) in [6.45, 7) is 3.68. The van der Waals surface area contributed by atoms with Crippen molar-refractivity contribution < 1.29 is 4.79 Å². The largest absolute Gasteiger partial charge is 0.333 e. The summed E-state index contributed by atoms with van der Waals surface area (Å²) in [5.41, 5.74) is -0.939. The number of hydrogen-bond donors (Lipinski definition) is 0. The van der Waals surface area contributed by atoms with E-state index in [1.807, 2.05) is 13.0 Å². The third-order valence-corrected chi connectivity index (χ3v) is 2.10. The van der Waals surface area contributed by atoms with Crippen LogP contribution in [0.15, 0.2) is 0 Å². The van der Waals surface area contributed by atoms with Crippen molar-refractivity contribution >= 4 is 5.91 Å². The van der Waals surface area contributed by atoms with Crippen LogP contribution in [0.25, 0.3) is 0 Å². The van der Waals surface area contributed by atoms with E-state index < -0.39 is 5.41 Å². The van der Waals surface area contributed by atoms with E-state index in [1.54, 1.807) is 14.0 Å². The summed E-state index contributed by atoms with van der Waals surface area (Å²) in [5.74, 6) is 2.15. The fourth-order valence-corrected chi connectivity index (χ4v) is 0.908. The lowest BCUT2D eigenvalue weighted by atomic mass is 9.88. The van der Waals surface area contributed by atoms with Gasteiger partial charge < -0.3 is 4.90 Å². The van der Waals surface area contributed by atoms with Crippen molar-refractivity contribution in [3.8, 4) is 18.4 Å². The number of hydrogen-bond acceptors (Lipinski definition) is 2. The number of nitriles is 1. The van der Waals surface area contributed by atoms with E-state index in [9.17, 15) is 4.79 Å². The summed E-state index contributed by atoms with van der Waals surface area (Å²) in [4.78, 5) is 13.0. The maximum atomic E-state index is 11.6. The Labute approximate surface area is 79.3 Å². The van der Waals surface area contributed by atoms with Gasteiger partial charge in [-0.2, -0.15) is 5.26 Å². The first-order valence-corrected chi connectivity index (χ1v) is 4.12. The fourth-order valence-electron chi connectivity index (χ4n) is 0.908. The third kappa shape index (κ3) is 2.49. The second kappa shape index (κ2) is 4.52. The van der Waals surface area contributed by atoms with Crippen molar-refractivity contribution in [2.75, 3.05) is 13.6 Å². The summed E-state index contributed by atoms with van der Waals surface area (Å²) in [7, 11) is 1.60. The summed E-state index contributed by atoms with van der Waals surface area (Å²) in [6.07, 6.45) is 5.56. The van der Waals surface area contributed by atoms with E-state index in [-0.39, 0.29) is 12.5 Å². The second-order valence-corrected chi connectivity index (χ2v) is 3.16. The van der Waals surface area contributed by atoms with Crippen LogP contribution in [0.4, 0.5) is 0 Å². The zero-order chi connectivity index (χ0) is 10.5. The molecule has 1 amide bonds. The minimum absolute atomic E-state index is 0.213. The van der Waals surface area contributed by atoms with Gasteiger partial charge >= 0.3 is 0 Å². The number of nitrogens with zero attached hydrogens (tertiary/aromatic N) is 2. The average Bonchev–Trinajstić information content (AvgIpc) is 2.16. The minimum Gasteiger partial charge on any atom is -0.333 e. The monoisotopic (exact) mass is 178 g/mol. The van der Waals surface area contributed by atoms with E-state index in [0.717, 1.165) is 0 Å². The number of carbonyl (C=O) groups excluding carboxylic acids is 1. The second-order valence-electron chi connectivity index (χ2n) is 3.16. The van der Waals surface area contributed by atoms with E-state index >= 15 is 0 Å². The Morgan fingerprint density at radius 3 is 2.54 bits per heavy atom. The van der Waals surface area contributed by atoms with Crippen molar-refractivity contribution in [3.05, 3.63) is 0 Å². The molecule has 0 aromatic heterocycles. The Morgan fingerprint density at radius 1 is 1.69 bits per heavy atom. The molecule has 0 spiro atoms. The van der Waals surface area contributed by atoms with E-state index in [4.69, 9.17) is 11.7 Å². The Bertz CT molecular complexity index is 272.